The first-order chi connectivity index (χ1) is 8.97. The van der Waals surface area contributed by atoms with E-state index in [-0.39, 0.29) is 18.6 Å². The predicted octanol–water partition coefficient (Wildman–Crippen LogP) is 1.01. The highest BCUT2D eigenvalue weighted by Gasteiger charge is 2.33. The van der Waals surface area contributed by atoms with E-state index < -0.39 is 10.2 Å². The minimum atomic E-state index is -3.36. The molecule has 1 fully saturated rings. The third kappa shape index (κ3) is 4.32. The Kier molecular flexibility index (Phi) is 7.10. The van der Waals surface area contributed by atoms with Crippen LogP contribution in [-0.2, 0) is 10.2 Å². The van der Waals surface area contributed by atoms with Crippen LogP contribution in [0.15, 0.2) is 0 Å². The lowest BCUT2D eigenvalue weighted by molar-refractivity contribution is 0.165. The molecule has 1 rings (SSSR count). The van der Waals surface area contributed by atoms with Gasteiger partial charge < -0.3 is 5.11 Å². The average Bonchev–Trinajstić information content (AvgIpc) is 2.44. The molecule has 1 unspecified atom stereocenters. The summed E-state index contributed by atoms with van der Waals surface area (Å²) in [5.74, 6) is 1.07. The molecular formula is C12H26N2O3S2. The SMILES string of the molecule is CCC(CSC)N(C)S(=O)(=O)N1CCC(CO)CC1. The van der Waals surface area contributed by atoms with Crippen LogP contribution in [0, 0.1) is 5.92 Å². The molecule has 1 aliphatic rings. The van der Waals surface area contributed by atoms with Crippen molar-refractivity contribution in [2.24, 2.45) is 5.92 Å². The molecule has 0 saturated carbocycles. The van der Waals surface area contributed by atoms with Crippen molar-refractivity contribution in [3.63, 3.8) is 0 Å². The van der Waals surface area contributed by atoms with Gasteiger partial charge in [-0.2, -0.15) is 28.8 Å². The van der Waals surface area contributed by atoms with Crippen LogP contribution in [0.2, 0.25) is 0 Å². The van der Waals surface area contributed by atoms with E-state index >= 15 is 0 Å². The van der Waals surface area contributed by atoms with Gasteiger partial charge in [-0.25, -0.2) is 0 Å². The maximum Gasteiger partial charge on any atom is 0.282 e. The number of hydrogen-bond acceptors (Lipinski definition) is 4. The lowest BCUT2D eigenvalue weighted by Crippen LogP contribution is -2.49. The highest BCUT2D eigenvalue weighted by molar-refractivity contribution is 7.98. The number of piperidine rings is 1. The van der Waals surface area contributed by atoms with E-state index in [0.29, 0.717) is 13.1 Å². The highest BCUT2D eigenvalue weighted by atomic mass is 32.2. The second kappa shape index (κ2) is 7.83. The van der Waals surface area contributed by atoms with Gasteiger partial charge >= 0.3 is 0 Å². The second-order valence-corrected chi connectivity index (χ2v) is 7.97. The van der Waals surface area contributed by atoms with Crippen LogP contribution in [0.5, 0.6) is 0 Å². The van der Waals surface area contributed by atoms with Crippen molar-refractivity contribution in [2.45, 2.75) is 32.2 Å². The van der Waals surface area contributed by atoms with Crippen molar-refractivity contribution in [3.8, 4) is 0 Å². The third-order valence-electron chi connectivity index (χ3n) is 3.87. The highest BCUT2D eigenvalue weighted by Crippen LogP contribution is 2.22. The van der Waals surface area contributed by atoms with Crippen LogP contribution in [0.1, 0.15) is 26.2 Å². The van der Waals surface area contributed by atoms with Crippen LogP contribution in [-0.4, -0.2) is 66.9 Å². The van der Waals surface area contributed by atoms with Gasteiger partial charge in [-0.1, -0.05) is 6.92 Å². The van der Waals surface area contributed by atoms with Gasteiger partial charge in [0, 0.05) is 38.5 Å². The molecule has 0 aromatic carbocycles. The molecule has 0 bridgehead atoms. The van der Waals surface area contributed by atoms with E-state index in [2.05, 4.69) is 0 Å². The van der Waals surface area contributed by atoms with Gasteiger partial charge in [-0.3, -0.25) is 0 Å². The molecule has 0 aliphatic carbocycles. The summed E-state index contributed by atoms with van der Waals surface area (Å²) in [7, 11) is -1.68. The molecule has 0 radical (unpaired) electrons. The molecule has 1 saturated heterocycles. The smallest absolute Gasteiger partial charge is 0.282 e. The summed E-state index contributed by atoms with van der Waals surface area (Å²) < 4.78 is 28.1. The Morgan fingerprint density at radius 1 is 1.42 bits per heavy atom. The van der Waals surface area contributed by atoms with E-state index in [1.54, 1.807) is 23.1 Å². The molecule has 1 aliphatic heterocycles. The minimum absolute atomic E-state index is 0.0514. The Hall–Kier alpha value is 0.180. The molecule has 1 atom stereocenters. The fourth-order valence-corrected chi connectivity index (χ4v) is 4.94. The topological polar surface area (TPSA) is 60.9 Å². The van der Waals surface area contributed by atoms with Gasteiger partial charge in [0.2, 0.25) is 0 Å². The maximum absolute atomic E-state index is 12.5. The summed E-state index contributed by atoms with van der Waals surface area (Å²) in [6.07, 6.45) is 4.32. The molecule has 0 aromatic rings. The lowest BCUT2D eigenvalue weighted by atomic mass is 10.00. The van der Waals surface area contributed by atoms with Crippen molar-refractivity contribution in [1.29, 1.82) is 0 Å². The Labute approximate surface area is 121 Å². The zero-order valence-corrected chi connectivity index (χ0v) is 13.7. The first-order valence-corrected chi connectivity index (χ1v) is 9.59. The third-order valence-corrected chi connectivity index (χ3v) is 6.63. The molecule has 0 spiro atoms. The molecule has 19 heavy (non-hydrogen) atoms. The van der Waals surface area contributed by atoms with Crippen molar-refractivity contribution in [3.05, 3.63) is 0 Å². The van der Waals surface area contributed by atoms with Gasteiger partial charge in [0.25, 0.3) is 10.2 Å². The van der Waals surface area contributed by atoms with Crippen molar-refractivity contribution in [2.75, 3.05) is 38.8 Å². The quantitative estimate of drug-likeness (QED) is 0.762. The first kappa shape index (κ1) is 17.2. The fourth-order valence-electron chi connectivity index (χ4n) is 2.37. The maximum atomic E-state index is 12.5. The summed E-state index contributed by atoms with van der Waals surface area (Å²) in [5, 5.41) is 9.10. The molecule has 114 valence electrons. The van der Waals surface area contributed by atoms with Gasteiger partial charge in [0.15, 0.2) is 0 Å². The summed E-state index contributed by atoms with van der Waals surface area (Å²) in [6.45, 7) is 3.22. The molecule has 0 aromatic heterocycles. The van der Waals surface area contributed by atoms with Crippen LogP contribution >= 0.6 is 11.8 Å². The van der Waals surface area contributed by atoms with E-state index in [4.69, 9.17) is 5.11 Å². The number of hydrogen-bond donors (Lipinski definition) is 1. The Bertz CT molecular complexity index is 354. The normalized spacial score (nSPS) is 20.9. The summed E-state index contributed by atoms with van der Waals surface area (Å²) >= 11 is 1.67. The van der Waals surface area contributed by atoms with Gasteiger partial charge in [-0.15, -0.1) is 0 Å². The van der Waals surface area contributed by atoms with Crippen molar-refractivity contribution < 1.29 is 13.5 Å². The largest absolute Gasteiger partial charge is 0.396 e. The molecule has 1 N–H and O–H groups in total. The average molecular weight is 310 g/mol. The first-order valence-electron chi connectivity index (χ1n) is 6.80. The summed E-state index contributed by atoms with van der Waals surface area (Å²) in [4.78, 5) is 0. The molecule has 1 heterocycles. The van der Waals surface area contributed by atoms with Gasteiger partial charge in [0.05, 0.1) is 0 Å². The van der Waals surface area contributed by atoms with E-state index in [1.165, 1.54) is 4.31 Å². The molecule has 7 heteroatoms. The van der Waals surface area contributed by atoms with Crippen molar-refractivity contribution >= 4 is 22.0 Å². The summed E-state index contributed by atoms with van der Waals surface area (Å²) in [5.41, 5.74) is 0. The molecular weight excluding hydrogens is 284 g/mol. The number of nitrogens with zero attached hydrogens (tertiary/aromatic N) is 2. The lowest BCUT2D eigenvalue weighted by Gasteiger charge is -2.35. The molecule has 5 nitrogen and oxygen atoms in total. The van der Waals surface area contributed by atoms with E-state index in [0.717, 1.165) is 25.0 Å². The number of thioether (sulfide) groups is 1. The number of aliphatic hydroxyl groups is 1. The van der Waals surface area contributed by atoms with Crippen LogP contribution in [0.3, 0.4) is 0 Å². The van der Waals surface area contributed by atoms with Crippen LogP contribution in [0.4, 0.5) is 0 Å². The predicted molar refractivity (Wildman–Crippen MR) is 80.5 cm³/mol. The summed E-state index contributed by atoms with van der Waals surface area (Å²) in [6, 6.07) is 0.0514. The van der Waals surface area contributed by atoms with Gasteiger partial charge in [0.1, 0.15) is 0 Å². The monoisotopic (exact) mass is 310 g/mol. The zero-order chi connectivity index (χ0) is 14.5. The Morgan fingerprint density at radius 2 is 2.00 bits per heavy atom. The van der Waals surface area contributed by atoms with Gasteiger partial charge in [-0.05, 0) is 31.4 Å². The van der Waals surface area contributed by atoms with E-state index in [1.807, 2.05) is 13.2 Å². The molecule has 0 amide bonds. The zero-order valence-electron chi connectivity index (χ0n) is 12.1. The Balaban J connectivity index is 2.69. The van der Waals surface area contributed by atoms with Crippen LogP contribution < -0.4 is 0 Å². The fraction of sp³-hybridized carbons (Fsp3) is 1.00. The Morgan fingerprint density at radius 3 is 2.42 bits per heavy atom. The minimum Gasteiger partial charge on any atom is -0.396 e. The van der Waals surface area contributed by atoms with Crippen molar-refractivity contribution in [1.82, 2.24) is 8.61 Å². The number of rotatable bonds is 7. The van der Waals surface area contributed by atoms with E-state index in [9.17, 15) is 8.42 Å². The van der Waals surface area contributed by atoms with Crippen LogP contribution in [0.25, 0.3) is 0 Å². The number of aliphatic hydroxyl groups excluding tert-OH is 1. The standard InChI is InChI=1S/C12H26N2O3S2/c1-4-12(10-18-3)13(2)19(16,17)14-7-5-11(9-15)6-8-14/h11-12,15H,4-10H2,1-3H3. The second-order valence-electron chi connectivity index (χ2n) is 5.07.